The predicted molar refractivity (Wildman–Crippen MR) is 117 cm³/mol. The Morgan fingerprint density at radius 1 is 0.586 bits per heavy atom. The lowest BCUT2D eigenvalue weighted by molar-refractivity contribution is 0.147. The molecular weight excluding hydrogens is 364 g/mol. The fourth-order valence-electron chi connectivity index (χ4n) is 3.46. The number of furan rings is 2. The monoisotopic (exact) mass is 404 g/mol. The second-order valence-corrected chi connectivity index (χ2v) is 9.94. The summed E-state index contributed by atoms with van der Waals surface area (Å²) in [7, 11) is 0. The van der Waals surface area contributed by atoms with Gasteiger partial charge < -0.3 is 19.0 Å². The molecule has 0 spiro atoms. The molecule has 29 heavy (non-hydrogen) atoms. The van der Waals surface area contributed by atoms with Crippen LogP contribution in [0.2, 0.25) is 0 Å². The highest BCUT2D eigenvalue weighted by molar-refractivity contribution is 5.10. The highest BCUT2D eigenvalue weighted by Crippen LogP contribution is 2.24. The van der Waals surface area contributed by atoms with Gasteiger partial charge in [-0.3, -0.25) is 0 Å². The van der Waals surface area contributed by atoms with E-state index in [9.17, 15) is 10.2 Å². The van der Waals surface area contributed by atoms with Crippen molar-refractivity contribution >= 4 is 0 Å². The molecule has 0 aromatic carbocycles. The first-order valence-electron chi connectivity index (χ1n) is 11.1. The average Bonchev–Trinajstić information content (AvgIpc) is 3.31. The van der Waals surface area contributed by atoms with Crippen LogP contribution in [0, 0.1) is 10.8 Å². The summed E-state index contributed by atoms with van der Waals surface area (Å²) in [6, 6.07) is 8.34. The zero-order valence-corrected chi connectivity index (χ0v) is 18.8. The van der Waals surface area contributed by atoms with Crippen LogP contribution in [0.3, 0.4) is 0 Å². The van der Waals surface area contributed by atoms with E-state index in [0.717, 1.165) is 80.8 Å². The maximum Gasteiger partial charge on any atom is 0.104 e. The molecular formula is C25H40O4. The number of aryl methyl sites for hydroxylation is 4. The van der Waals surface area contributed by atoms with Crippen molar-refractivity contribution in [2.24, 2.45) is 10.8 Å². The molecule has 0 aliphatic rings. The maximum absolute atomic E-state index is 9.33. The van der Waals surface area contributed by atoms with Gasteiger partial charge in [0.15, 0.2) is 0 Å². The van der Waals surface area contributed by atoms with E-state index in [0.29, 0.717) is 0 Å². The number of hydrogen-bond donors (Lipinski definition) is 2. The molecule has 2 rings (SSSR count). The zero-order chi connectivity index (χ0) is 21.3. The molecule has 2 heterocycles. The standard InChI is InChI=1S/C25H40O4/c1-24(2,18-26)16-6-10-22-14-12-20(28-22)8-5-9-21-13-15-23(29-21)11-7-17-25(3,4)19-27/h12-15,26-27H,5-11,16-19H2,1-4H3. The summed E-state index contributed by atoms with van der Waals surface area (Å²) in [5.74, 6) is 4.17. The third kappa shape index (κ3) is 8.79. The molecule has 0 saturated heterocycles. The highest BCUT2D eigenvalue weighted by Gasteiger charge is 2.17. The Labute approximate surface area is 176 Å². The fraction of sp³-hybridized carbons (Fsp3) is 0.680. The molecule has 0 saturated carbocycles. The third-order valence-electron chi connectivity index (χ3n) is 5.69. The first kappa shape index (κ1) is 23.8. The molecule has 4 nitrogen and oxygen atoms in total. The molecule has 4 heteroatoms. The average molecular weight is 405 g/mol. The van der Waals surface area contributed by atoms with E-state index in [1.54, 1.807) is 0 Å². The van der Waals surface area contributed by atoms with E-state index in [-0.39, 0.29) is 24.0 Å². The van der Waals surface area contributed by atoms with Crippen LogP contribution >= 0.6 is 0 Å². The predicted octanol–water partition coefficient (Wildman–Crippen LogP) is 5.73. The molecule has 0 aliphatic carbocycles. The topological polar surface area (TPSA) is 66.7 Å². The van der Waals surface area contributed by atoms with Gasteiger partial charge in [-0.25, -0.2) is 0 Å². The zero-order valence-electron chi connectivity index (χ0n) is 18.8. The third-order valence-corrected chi connectivity index (χ3v) is 5.69. The van der Waals surface area contributed by atoms with E-state index < -0.39 is 0 Å². The normalized spacial score (nSPS) is 12.6. The van der Waals surface area contributed by atoms with Crippen LogP contribution in [0.15, 0.2) is 33.1 Å². The Morgan fingerprint density at radius 3 is 1.21 bits per heavy atom. The minimum Gasteiger partial charge on any atom is -0.466 e. The number of hydrogen-bond acceptors (Lipinski definition) is 4. The van der Waals surface area contributed by atoms with Gasteiger partial charge in [0.2, 0.25) is 0 Å². The molecule has 164 valence electrons. The van der Waals surface area contributed by atoms with E-state index in [2.05, 4.69) is 52.0 Å². The van der Waals surface area contributed by atoms with Crippen molar-refractivity contribution in [1.82, 2.24) is 0 Å². The van der Waals surface area contributed by atoms with Gasteiger partial charge in [-0.05, 0) is 67.2 Å². The minimum atomic E-state index is -0.00759. The minimum absolute atomic E-state index is 0.00759. The van der Waals surface area contributed by atoms with Gasteiger partial charge >= 0.3 is 0 Å². The number of rotatable bonds is 14. The van der Waals surface area contributed by atoms with Crippen LogP contribution in [-0.4, -0.2) is 23.4 Å². The van der Waals surface area contributed by atoms with Crippen molar-refractivity contribution in [3.8, 4) is 0 Å². The van der Waals surface area contributed by atoms with Crippen LogP contribution < -0.4 is 0 Å². The molecule has 2 N–H and O–H groups in total. The lowest BCUT2D eigenvalue weighted by Gasteiger charge is -2.20. The summed E-state index contributed by atoms with van der Waals surface area (Å²) in [6.07, 6.45) is 8.77. The van der Waals surface area contributed by atoms with Gasteiger partial charge in [0.05, 0.1) is 0 Å². The molecule has 2 aromatic rings. The van der Waals surface area contributed by atoms with Crippen molar-refractivity contribution in [1.29, 1.82) is 0 Å². The summed E-state index contributed by atoms with van der Waals surface area (Å²) in [5.41, 5.74) is -0.0152. The Kier molecular flexibility index (Phi) is 9.04. The van der Waals surface area contributed by atoms with Gasteiger partial charge in [-0.2, -0.15) is 0 Å². The summed E-state index contributed by atoms with van der Waals surface area (Å²) in [6.45, 7) is 8.83. The largest absolute Gasteiger partial charge is 0.466 e. The van der Waals surface area contributed by atoms with Crippen molar-refractivity contribution < 1.29 is 19.0 Å². The first-order chi connectivity index (χ1) is 13.7. The van der Waals surface area contributed by atoms with Crippen molar-refractivity contribution in [2.45, 2.75) is 85.5 Å². The fourth-order valence-corrected chi connectivity index (χ4v) is 3.46. The van der Waals surface area contributed by atoms with E-state index in [1.165, 1.54) is 0 Å². The molecule has 0 aliphatic heterocycles. The number of aliphatic hydroxyl groups excluding tert-OH is 2. The summed E-state index contributed by atoms with van der Waals surface area (Å²) in [5, 5.41) is 18.7. The Morgan fingerprint density at radius 2 is 0.897 bits per heavy atom. The van der Waals surface area contributed by atoms with E-state index in [4.69, 9.17) is 8.83 Å². The molecule has 0 bridgehead atoms. The van der Waals surface area contributed by atoms with Crippen LogP contribution in [0.5, 0.6) is 0 Å². The molecule has 0 amide bonds. The number of aliphatic hydroxyl groups is 2. The lowest BCUT2D eigenvalue weighted by atomic mass is 9.88. The SMILES string of the molecule is CC(C)(CO)CCCc1ccc(CCCc2ccc(CCCC(C)(C)CO)o2)o1. The van der Waals surface area contributed by atoms with Gasteiger partial charge in [-0.15, -0.1) is 0 Å². The molecule has 0 fully saturated rings. The second kappa shape index (κ2) is 11.0. The van der Waals surface area contributed by atoms with Crippen molar-refractivity contribution in [3.63, 3.8) is 0 Å². The van der Waals surface area contributed by atoms with Gasteiger partial charge in [0, 0.05) is 38.9 Å². The Balaban J connectivity index is 1.66. The van der Waals surface area contributed by atoms with Crippen molar-refractivity contribution in [2.75, 3.05) is 13.2 Å². The smallest absolute Gasteiger partial charge is 0.104 e. The van der Waals surface area contributed by atoms with Gasteiger partial charge in [0.25, 0.3) is 0 Å². The Hall–Kier alpha value is -1.52. The summed E-state index contributed by atoms with van der Waals surface area (Å²) < 4.78 is 11.9. The van der Waals surface area contributed by atoms with E-state index in [1.807, 2.05) is 0 Å². The van der Waals surface area contributed by atoms with Crippen LogP contribution in [-0.2, 0) is 25.7 Å². The maximum atomic E-state index is 9.33. The molecule has 0 unspecified atom stereocenters. The summed E-state index contributed by atoms with van der Waals surface area (Å²) in [4.78, 5) is 0. The molecule has 0 radical (unpaired) electrons. The van der Waals surface area contributed by atoms with Crippen LogP contribution in [0.4, 0.5) is 0 Å². The van der Waals surface area contributed by atoms with Gasteiger partial charge in [-0.1, -0.05) is 27.7 Å². The second-order valence-electron chi connectivity index (χ2n) is 9.94. The van der Waals surface area contributed by atoms with Crippen molar-refractivity contribution in [3.05, 3.63) is 47.3 Å². The molecule has 2 aromatic heterocycles. The lowest BCUT2D eigenvalue weighted by Crippen LogP contribution is -2.16. The Bertz CT molecular complexity index is 648. The van der Waals surface area contributed by atoms with E-state index >= 15 is 0 Å². The van der Waals surface area contributed by atoms with Crippen LogP contribution in [0.25, 0.3) is 0 Å². The quantitative estimate of drug-likeness (QED) is 0.422. The van der Waals surface area contributed by atoms with Crippen LogP contribution in [0.1, 0.15) is 82.8 Å². The van der Waals surface area contributed by atoms with Gasteiger partial charge in [0.1, 0.15) is 23.0 Å². The highest BCUT2D eigenvalue weighted by atomic mass is 16.3. The first-order valence-corrected chi connectivity index (χ1v) is 11.1. The summed E-state index contributed by atoms with van der Waals surface area (Å²) >= 11 is 0. The molecule has 0 atom stereocenters.